The summed E-state index contributed by atoms with van der Waals surface area (Å²) in [5, 5.41) is 4.88. The topological polar surface area (TPSA) is 64.6 Å². The molecule has 0 aliphatic rings. The molecular formula is C21H25NO4S. The molecule has 0 aliphatic heterocycles. The van der Waals surface area contributed by atoms with Crippen molar-refractivity contribution in [2.45, 2.75) is 39.3 Å². The number of carbonyl (C=O) groups excluding carboxylic acids is 2. The molecule has 1 atom stereocenters. The average molecular weight is 388 g/mol. The zero-order valence-electron chi connectivity index (χ0n) is 16.0. The Kier molecular flexibility index (Phi) is 7.61. The number of rotatable bonds is 8. The molecule has 144 valence electrons. The van der Waals surface area contributed by atoms with Crippen molar-refractivity contribution in [3.8, 4) is 5.75 Å². The molecule has 0 aliphatic carbocycles. The maximum Gasteiger partial charge on any atom is 0.308 e. The molecule has 1 aromatic heterocycles. The number of esters is 1. The van der Waals surface area contributed by atoms with E-state index in [2.05, 4.69) is 5.32 Å². The van der Waals surface area contributed by atoms with Gasteiger partial charge < -0.3 is 14.8 Å². The number of aryl methyl sites for hydroxylation is 1. The lowest BCUT2D eigenvalue weighted by Gasteiger charge is -2.19. The van der Waals surface area contributed by atoms with Crippen molar-refractivity contribution in [1.82, 2.24) is 5.32 Å². The SMILES string of the molecule is COc1ccc(C(CC(=O)OC(C)C)NC(=O)/C=C/c2sccc2C)cc1. The number of nitrogens with one attached hydrogen (secondary N) is 1. The monoisotopic (exact) mass is 387 g/mol. The number of ether oxygens (including phenoxy) is 2. The molecule has 1 unspecified atom stereocenters. The molecule has 1 N–H and O–H groups in total. The van der Waals surface area contributed by atoms with Crippen LogP contribution in [-0.4, -0.2) is 25.1 Å². The summed E-state index contributed by atoms with van der Waals surface area (Å²) in [6.45, 7) is 5.59. The van der Waals surface area contributed by atoms with E-state index in [9.17, 15) is 9.59 Å². The number of thiophene rings is 1. The number of amides is 1. The van der Waals surface area contributed by atoms with Crippen molar-refractivity contribution in [3.05, 3.63) is 57.8 Å². The van der Waals surface area contributed by atoms with E-state index >= 15 is 0 Å². The van der Waals surface area contributed by atoms with Crippen molar-refractivity contribution in [1.29, 1.82) is 0 Å². The Hall–Kier alpha value is -2.60. The van der Waals surface area contributed by atoms with Gasteiger partial charge in [-0.2, -0.15) is 0 Å². The first-order chi connectivity index (χ1) is 12.9. The first kappa shape index (κ1) is 20.7. The molecule has 1 aromatic carbocycles. The van der Waals surface area contributed by atoms with E-state index in [1.165, 1.54) is 6.08 Å². The molecule has 0 spiro atoms. The van der Waals surface area contributed by atoms with Gasteiger partial charge in [0.2, 0.25) is 5.91 Å². The number of hydrogen-bond acceptors (Lipinski definition) is 5. The Balaban J connectivity index is 2.12. The number of methoxy groups -OCH3 is 1. The van der Waals surface area contributed by atoms with Crippen LogP contribution in [0.25, 0.3) is 6.08 Å². The summed E-state index contributed by atoms with van der Waals surface area (Å²) in [7, 11) is 1.59. The lowest BCUT2D eigenvalue weighted by atomic mass is 10.0. The van der Waals surface area contributed by atoms with Gasteiger partial charge in [0.25, 0.3) is 0 Å². The van der Waals surface area contributed by atoms with Crippen LogP contribution in [0.15, 0.2) is 41.8 Å². The average Bonchev–Trinajstić information content (AvgIpc) is 3.04. The zero-order chi connectivity index (χ0) is 19.8. The molecule has 27 heavy (non-hydrogen) atoms. The summed E-state index contributed by atoms with van der Waals surface area (Å²) in [6.07, 6.45) is 3.13. The van der Waals surface area contributed by atoms with Gasteiger partial charge in [-0.3, -0.25) is 9.59 Å². The highest BCUT2D eigenvalue weighted by Gasteiger charge is 2.19. The van der Waals surface area contributed by atoms with Crippen molar-refractivity contribution < 1.29 is 19.1 Å². The second-order valence-electron chi connectivity index (χ2n) is 6.38. The van der Waals surface area contributed by atoms with Gasteiger partial charge in [-0.25, -0.2) is 0 Å². The second-order valence-corrected chi connectivity index (χ2v) is 7.33. The van der Waals surface area contributed by atoms with Gasteiger partial charge >= 0.3 is 5.97 Å². The fourth-order valence-corrected chi connectivity index (χ4v) is 3.31. The Morgan fingerprint density at radius 3 is 2.44 bits per heavy atom. The summed E-state index contributed by atoms with van der Waals surface area (Å²) in [4.78, 5) is 25.5. The van der Waals surface area contributed by atoms with Crippen LogP contribution in [0.3, 0.4) is 0 Å². The van der Waals surface area contributed by atoms with Gasteiger partial charge in [-0.1, -0.05) is 12.1 Å². The van der Waals surface area contributed by atoms with E-state index in [0.717, 1.165) is 16.0 Å². The summed E-state index contributed by atoms with van der Waals surface area (Å²) >= 11 is 1.57. The highest BCUT2D eigenvalue weighted by atomic mass is 32.1. The van der Waals surface area contributed by atoms with Crippen LogP contribution in [0.2, 0.25) is 0 Å². The first-order valence-electron chi connectivity index (χ1n) is 8.75. The lowest BCUT2D eigenvalue weighted by Crippen LogP contribution is -2.29. The molecule has 5 nitrogen and oxygen atoms in total. The van der Waals surface area contributed by atoms with Gasteiger partial charge in [0.05, 0.1) is 25.7 Å². The minimum Gasteiger partial charge on any atom is -0.497 e. The van der Waals surface area contributed by atoms with Crippen LogP contribution in [0.5, 0.6) is 5.75 Å². The molecule has 0 saturated carbocycles. The van der Waals surface area contributed by atoms with E-state index < -0.39 is 6.04 Å². The third-order valence-corrected chi connectivity index (χ3v) is 4.84. The summed E-state index contributed by atoms with van der Waals surface area (Å²) in [6, 6.07) is 8.78. The fraction of sp³-hybridized carbons (Fsp3) is 0.333. The quantitative estimate of drug-likeness (QED) is 0.542. The van der Waals surface area contributed by atoms with Gasteiger partial charge in [-0.05, 0) is 61.6 Å². The van der Waals surface area contributed by atoms with Gasteiger partial charge in [0.15, 0.2) is 0 Å². The molecule has 1 heterocycles. The van der Waals surface area contributed by atoms with Gasteiger partial charge in [0.1, 0.15) is 5.75 Å². The van der Waals surface area contributed by atoms with Crippen molar-refractivity contribution >= 4 is 29.3 Å². The molecule has 2 rings (SSSR count). The van der Waals surface area contributed by atoms with Crippen molar-refractivity contribution in [2.24, 2.45) is 0 Å². The van der Waals surface area contributed by atoms with Crippen LogP contribution in [0.1, 0.15) is 42.3 Å². The van der Waals surface area contributed by atoms with E-state index in [-0.39, 0.29) is 24.4 Å². The summed E-state index contributed by atoms with van der Waals surface area (Å²) in [5.41, 5.74) is 1.93. The second kappa shape index (κ2) is 9.92. The standard InChI is InChI=1S/C21H25NO4S/c1-14(2)26-21(24)13-18(16-5-7-17(25-4)8-6-16)22-20(23)10-9-19-15(3)11-12-27-19/h5-12,14,18H,13H2,1-4H3,(H,22,23)/b10-9+. The smallest absolute Gasteiger partial charge is 0.308 e. The maximum absolute atomic E-state index is 12.4. The largest absolute Gasteiger partial charge is 0.497 e. The Morgan fingerprint density at radius 1 is 1.19 bits per heavy atom. The van der Waals surface area contributed by atoms with Crippen LogP contribution in [-0.2, 0) is 14.3 Å². The predicted molar refractivity (Wildman–Crippen MR) is 108 cm³/mol. The lowest BCUT2D eigenvalue weighted by molar-refractivity contribution is -0.148. The molecule has 6 heteroatoms. The third kappa shape index (κ3) is 6.57. The Labute approximate surface area is 164 Å². The predicted octanol–water partition coefficient (Wildman–Crippen LogP) is 4.28. The summed E-state index contributed by atoms with van der Waals surface area (Å²) in [5.74, 6) is 0.0896. The van der Waals surface area contributed by atoms with Crippen LogP contribution < -0.4 is 10.1 Å². The van der Waals surface area contributed by atoms with E-state index in [4.69, 9.17) is 9.47 Å². The molecule has 2 aromatic rings. The normalized spacial score (nSPS) is 12.2. The van der Waals surface area contributed by atoms with E-state index in [1.54, 1.807) is 50.5 Å². The number of carbonyl (C=O) groups is 2. The number of hydrogen-bond donors (Lipinski definition) is 1. The zero-order valence-corrected chi connectivity index (χ0v) is 16.8. The Bertz CT molecular complexity index is 793. The highest BCUT2D eigenvalue weighted by Crippen LogP contribution is 2.22. The van der Waals surface area contributed by atoms with E-state index in [0.29, 0.717) is 5.75 Å². The van der Waals surface area contributed by atoms with Crippen LogP contribution in [0.4, 0.5) is 0 Å². The molecule has 0 radical (unpaired) electrons. The third-order valence-electron chi connectivity index (χ3n) is 3.86. The molecule has 0 bridgehead atoms. The summed E-state index contributed by atoms with van der Waals surface area (Å²) < 4.78 is 10.4. The van der Waals surface area contributed by atoms with Crippen molar-refractivity contribution in [3.63, 3.8) is 0 Å². The maximum atomic E-state index is 12.4. The Morgan fingerprint density at radius 2 is 1.89 bits per heavy atom. The minimum atomic E-state index is -0.483. The van der Waals surface area contributed by atoms with Gasteiger partial charge in [-0.15, -0.1) is 11.3 Å². The highest BCUT2D eigenvalue weighted by molar-refractivity contribution is 7.11. The van der Waals surface area contributed by atoms with E-state index in [1.807, 2.05) is 30.5 Å². The molecule has 0 saturated heterocycles. The molecule has 0 fully saturated rings. The van der Waals surface area contributed by atoms with Crippen LogP contribution in [0, 0.1) is 6.92 Å². The van der Waals surface area contributed by atoms with Crippen LogP contribution >= 0.6 is 11.3 Å². The first-order valence-corrected chi connectivity index (χ1v) is 9.63. The molecule has 1 amide bonds. The minimum absolute atomic E-state index is 0.0577. The van der Waals surface area contributed by atoms with Gasteiger partial charge in [0, 0.05) is 11.0 Å². The molecular weight excluding hydrogens is 362 g/mol. The number of benzene rings is 1. The van der Waals surface area contributed by atoms with Crippen molar-refractivity contribution in [2.75, 3.05) is 7.11 Å². The fourth-order valence-electron chi connectivity index (χ4n) is 2.49.